The van der Waals surface area contributed by atoms with Crippen LogP contribution in [0.15, 0.2) is 21.7 Å². The molecule has 0 aliphatic carbocycles. The van der Waals surface area contributed by atoms with Crippen LogP contribution in [-0.4, -0.2) is 21.9 Å². The first-order valence-corrected chi connectivity index (χ1v) is 6.34. The molecule has 0 fully saturated rings. The summed E-state index contributed by atoms with van der Waals surface area (Å²) < 4.78 is 1.32. The smallest absolute Gasteiger partial charge is 0.268 e. The molecule has 2 N–H and O–H groups in total. The first-order valence-electron chi connectivity index (χ1n) is 6.34. The number of H-pyrrole nitrogens is 1. The lowest BCUT2D eigenvalue weighted by molar-refractivity contribution is 0.437. The average Bonchev–Trinajstić information content (AvgIpc) is 2.30. The molecule has 0 radical (unpaired) electrons. The van der Waals surface area contributed by atoms with Crippen LogP contribution in [0.4, 0.5) is 0 Å². The normalized spacial score (nSPS) is 11.6. The van der Waals surface area contributed by atoms with Gasteiger partial charge in [-0.3, -0.25) is 14.7 Å². The zero-order valence-electron chi connectivity index (χ0n) is 12.4. The molecular weight excluding hydrogens is 242 g/mol. The maximum absolute atomic E-state index is 12.0. The number of hydrogen-bond donors (Lipinski definition) is 2. The van der Waals surface area contributed by atoms with Gasteiger partial charge in [0.25, 0.3) is 11.1 Å². The van der Waals surface area contributed by atoms with Gasteiger partial charge in [-0.25, -0.2) is 4.68 Å². The van der Waals surface area contributed by atoms with Crippen LogP contribution in [0.2, 0.25) is 0 Å². The molecular formula is C14H23N3O2. The van der Waals surface area contributed by atoms with Crippen molar-refractivity contribution in [2.75, 3.05) is 6.54 Å². The molecule has 106 valence electrons. The van der Waals surface area contributed by atoms with Crippen LogP contribution < -0.4 is 16.4 Å². The van der Waals surface area contributed by atoms with Gasteiger partial charge in [-0.1, -0.05) is 6.58 Å². The largest absolute Gasteiger partial charge is 0.308 e. The summed E-state index contributed by atoms with van der Waals surface area (Å²) in [7, 11) is 0. The maximum Gasteiger partial charge on any atom is 0.268 e. The van der Waals surface area contributed by atoms with Crippen molar-refractivity contribution in [3.63, 3.8) is 0 Å². The average molecular weight is 265 g/mol. The van der Waals surface area contributed by atoms with E-state index in [1.165, 1.54) is 4.68 Å². The quantitative estimate of drug-likeness (QED) is 0.801. The van der Waals surface area contributed by atoms with Crippen molar-refractivity contribution >= 4 is 0 Å². The molecule has 0 saturated carbocycles. The van der Waals surface area contributed by atoms with Crippen LogP contribution in [0.25, 0.3) is 0 Å². The Morgan fingerprint density at radius 1 is 1.26 bits per heavy atom. The third kappa shape index (κ3) is 4.21. The predicted octanol–water partition coefficient (Wildman–Crippen LogP) is 1.10. The highest BCUT2D eigenvalue weighted by Gasteiger charge is 2.11. The van der Waals surface area contributed by atoms with Gasteiger partial charge >= 0.3 is 0 Å². The first kappa shape index (κ1) is 15.4. The minimum absolute atomic E-state index is 0.00942. The Morgan fingerprint density at radius 3 is 2.37 bits per heavy atom. The van der Waals surface area contributed by atoms with Gasteiger partial charge in [-0.05, 0) is 40.2 Å². The molecule has 1 rings (SSSR count). The Balaban J connectivity index is 2.87. The molecule has 1 aromatic rings. The van der Waals surface area contributed by atoms with E-state index in [1.807, 2.05) is 0 Å². The zero-order chi connectivity index (χ0) is 14.8. The highest BCUT2D eigenvalue weighted by molar-refractivity contribution is 5.17. The summed E-state index contributed by atoms with van der Waals surface area (Å²) in [5.74, 6) is 0. The number of hydrogen-bond acceptors (Lipinski definition) is 3. The van der Waals surface area contributed by atoms with Crippen LogP contribution in [0.1, 0.15) is 31.9 Å². The van der Waals surface area contributed by atoms with Crippen molar-refractivity contribution in [2.24, 2.45) is 0 Å². The van der Waals surface area contributed by atoms with Gasteiger partial charge in [0, 0.05) is 23.2 Å². The van der Waals surface area contributed by atoms with Crippen molar-refractivity contribution in [3.8, 4) is 0 Å². The van der Waals surface area contributed by atoms with Gasteiger partial charge < -0.3 is 5.32 Å². The molecule has 0 spiro atoms. The summed E-state index contributed by atoms with van der Waals surface area (Å²) in [6.07, 6.45) is 0. The standard InChI is InChI=1S/C14H23N3O2/c1-9(7-15-14(4,5)6)8-17-13(19)11(3)10(2)12(18)16-17/h15H,1,7-8H2,2-6H3,(H,16,18). The molecule has 1 aromatic heterocycles. The van der Waals surface area contributed by atoms with E-state index >= 15 is 0 Å². The molecule has 0 bridgehead atoms. The summed E-state index contributed by atoms with van der Waals surface area (Å²) in [6, 6.07) is 0. The minimum Gasteiger partial charge on any atom is -0.308 e. The fourth-order valence-electron chi connectivity index (χ4n) is 1.57. The van der Waals surface area contributed by atoms with Gasteiger partial charge in [-0.15, -0.1) is 0 Å². The second kappa shape index (κ2) is 5.57. The molecule has 0 saturated heterocycles. The Morgan fingerprint density at radius 2 is 1.84 bits per heavy atom. The van der Waals surface area contributed by atoms with Gasteiger partial charge in [0.15, 0.2) is 0 Å². The van der Waals surface area contributed by atoms with E-state index < -0.39 is 0 Å². The van der Waals surface area contributed by atoms with Crippen molar-refractivity contribution in [3.05, 3.63) is 44.0 Å². The van der Waals surface area contributed by atoms with Gasteiger partial charge in [0.2, 0.25) is 0 Å². The number of aromatic nitrogens is 2. The van der Waals surface area contributed by atoms with Gasteiger partial charge in [0.1, 0.15) is 0 Å². The third-order valence-electron chi connectivity index (χ3n) is 2.96. The number of nitrogens with zero attached hydrogens (tertiary/aromatic N) is 1. The maximum atomic E-state index is 12.0. The highest BCUT2D eigenvalue weighted by atomic mass is 16.2. The second-order valence-electron chi connectivity index (χ2n) is 5.94. The molecule has 5 heteroatoms. The molecule has 19 heavy (non-hydrogen) atoms. The summed E-state index contributed by atoms with van der Waals surface area (Å²) in [6.45, 7) is 14.3. The second-order valence-corrected chi connectivity index (χ2v) is 5.94. The fourth-order valence-corrected chi connectivity index (χ4v) is 1.57. The number of nitrogens with one attached hydrogen (secondary N) is 2. The Bertz CT molecular complexity index is 588. The fraction of sp³-hybridized carbons (Fsp3) is 0.571. The summed E-state index contributed by atoms with van der Waals surface area (Å²) in [4.78, 5) is 23.7. The van der Waals surface area contributed by atoms with Crippen molar-refractivity contribution in [2.45, 2.75) is 46.7 Å². The molecule has 0 aromatic carbocycles. The van der Waals surface area contributed by atoms with Crippen molar-refractivity contribution in [1.29, 1.82) is 0 Å². The molecule has 5 nitrogen and oxygen atoms in total. The molecule has 0 amide bonds. The van der Waals surface area contributed by atoms with E-state index in [0.29, 0.717) is 24.2 Å². The van der Waals surface area contributed by atoms with Crippen LogP contribution >= 0.6 is 0 Å². The molecule has 0 atom stereocenters. The first-order chi connectivity index (χ1) is 8.61. The SMILES string of the molecule is C=C(CNC(C)(C)C)Cn1[nH]c(=O)c(C)c(C)c1=O. The van der Waals surface area contributed by atoms with Crippen LogP contribution in [-0.2, 0) is 6.54 Å². The highest BCUT2D eigenvalue weighted by Crippen LogP contribution is 2.01. The lowest BCUT2D eigenvalue weighted by atomic mass is 10.1. The van der Waals surface area contributed by atoms with E-state index in [0.717, 1.165) is 5.57 Å². The van der Waals surface area contributed by atoms with Crippen molar-refractivity contribution in [1.82, 2.24) is 15.1 Å². The van der Waals surface area contributed by atoms with Crippen LogP contribution in [0, 0.1) is 13.8 Å². The Hall–Kier alpha value is -1.62. The Labute approximate surface area is 113 Å². The minimum atomic E-state index is -0.228. The van der Waals surface area contributed by atoms with Gasteiger partial charge in [-0.2, -0.15) is 0 Å². The molecule has 0 unspecified atom stereocenters. The molecule has 1 heterocycles. The lowest BCUT2D eigenvalue weighted by Crippen LogP contribution is -2.39. The van der Waals surface area contributed by atoms with E-state index in [-0.39, 0.29) is 16.7 Å². The summed E-state index contributed by atoms with van der Waals surface area (Å²) >= 11 is 0. The molecule has 0 aliphatic heterocycles. The van der Waals surface area contributed by atoms with Crippen molar-refractivity contribution < 1.29 is 0 Å². The Kier molecular flexibility index (Phi) is 4.52. The summed E-state index contributed by atoms with van der Waals surface area (Å²) in [5, 5.41) is 5.87. The summed E-state index contributed by atoms with van der Waals surface area (Å²) in [5.41, 5.74) is 1.39. The van der Waals surface area contributed by atoms with Gasteiger partial charge in [0.05, 0.1) is 6.54 Å². The topological polar surface area (TPSA) is 66.9 Å². The zero-order valence-corrected chi connectivity index (χ0v) is 12.4. The number of aromatic amines is 1. The number of rotatable bonds is 4. The van der Waals surface area contributed by atoms with E-state index in [2.05, 4.69) is 37.8 Å². The van der Waals surface area contributed by atoms with Crippen LogP contribution in [0.3, 0.4) is 0 Å². The predicted molar refractivity (Wildman–Crippen MR) is 77.7 cm³/mol. The van der Waals surface area contributed by atoms with Crippen LogP contribution in [0.5, 0.6) is 0 Å². The van der Waals surface area contributed by atoms with E-state index in [9.17, 15) is 9.59 Å². The monoisotopic (exact) mass is 265 g/mol. The third-order valence-corrected chi connectivity index (χ3v) is 2.96. The van der Waals surface area contributed by atoms with E-state index in [4.69, 9.17) is 0 Å². The molecule has 0 aliphatic rings. The lowest BCUT2D eigenvalue weighted by Gasteiger charge is -2.21. The van der Waals surface area contributed by atoms with E-state index in [1.54, 1.807) is 13.8 Å².